The summed E-state index contributed by atoms with van der Waals surface area (Å²) in [6.07, 6.45) is 4.69. The van der Waals surface area contributed by atoms with Crippen LogP contribution < -0.4 is 4.84 Å². The lowest BCUT2D eigenvalue weighted by Gasteiger charge is -2.10. The molecule has 0 saturated heterocycles. The number of rotatable bonds is 4. The third-order valence-corrected chi connectivity index (χ3v) is 3.01. The number of carbonyl (C=O) groups is 1. The fourth-order valence-corrected chi connectivity index (χ4v) is 1.90. The SMILES string of the molecule is CCCC(C)C(=O)On1ccc2c(Cl)ncnc21. The van der Waals surface area contributed by atoms with Gasteiger partial charge in [0.1, 0.15) is 11.5 Å². The van der Waals surface area contributed by atoms with E-state index < -0.39 is 0 Å². The first-order valence-electron chi connectivity index (χ1n) is 5.83. The summed E-state index contributed by atoms with van der Waals surface area (Å²) in [6, 6.07) is 1.72. The predicted molar refractivity (Wildman–Crippen MR) is 68.2 cm³/mol. The summed E-state index contributed by atoms with van der Waals surface area (Å²) in [5, 5.41) is 1.01. The van der Waals surface area contributed by atoms with E-state index in [1.165, 1.54) is 11.1 Å². The van der Waals surface area contributed by atoms with Gasteiger partial charge < -0.3 is 4.84 Å². The quantitative estimate of drug-likeness (QED) is 0.799. The predicted octanol–water partition coefficient (Wildman–Crippen LogP) is 2.48. The number of aromatic nitrogens is 3. The van der Waals surface area contributed by atoms with E-state index in [-0.39, 0.29) is 11.9 Å². The van der Waals surface area contributed by atoms with Gasteiger partial charge in [0.25, 0.3) is 0 Å². The number of fused-ring (bicyclic) bond motifs is 1. The number of halogens is 1. The summed E-state index contributed by atoms with van der Waals surface area (Å²) in [6.45, 7) is 3.88. The highest BCUT2D eigenvalue weighted by molar-refractivity contribution is 6.33. The molecule has 0 aliphatic carbocycles. The van der Waals surface area contributed by atoms with E-state index >= 15 is 0 Å². The molecular weight excluding hydrogens is 254 g/mol. The van der Waals surface area contributed by atoms with Crippen molar-refractivity contribution < 1.29 is 9.63 Å². The van der Waals surface area contributed by atoms with Crippen molar-refractivity contribution in [3.63, 3.8) is 0 Å². The van der Waals surface area contributed by atoms with Crippen LogP contribution in [0.3, 0.4) is 0 Å². The average molecular weight is 268 g/mol. The van der Waals surface area contributed by atoms with Crippen LogP contribution >= 0.6 is 11.6 Å². The molecule has 6 heteroatoms. The van der Waals surface area contributed by atoms with Crippen molar-refractivity contribution in [3.05, 3.63) is 23.7 Å². The zero-order valence-electron chi connectivity index (χ0n) is 10.3. The van der Waals surface area contributed by atoms with Gasteiger partial charge in [-0.15, -0.1) is 0 Å². The Balaban J connectivity index is 2.22. The van der Waals surface area contributed by atoms with E-state index in [9.17, 15) is 4.79 Å². The van der Waals surface area contributed by atoms with Crippen LogP contribution in [0, 0.1) is 5.92 Å². The molecule has 0 N–H and O–H groups in total. The molecule has 2 rings (SSSR count). The number of nitrogens with zero attached hydrogens (tertiary/aromatic N) is 3. The van der Waals surface area contributed by atoms with Crippen LogP contribution in [0.5, 0.6) is 0 Å². The Morgan fingerprint density at radius 3 is 3.06 bits per heavy atom. The number of hydrogen-bond donors (Lipinski definition) is 0. The highest BCUT2D eigenvalue weighted by atomic mass is 35.5. The molecular formula is C12H14ClN3O2. The Morgan fingerprint density at radius 1 is 1.56 bits per heavy atom. The topological polar surface area (TPSA) is 57.0 Å². The van der Waals surface area contributed by atoms with Crippen molar-refractivity contribution in [3.8, 4) is 0 Å². The van der Waals surface area contributed by atoms with Gasteiger partial charge in [0.15, 0.2) is 5.65 Å². The van der Waals surface area contributed by atoms with Gasteiger partial charge >= 0.3 is 5.97 Å². The zero-order valence-corrected chi connectivity index (χ0v) is 11.0. The monoisotopic (exact) mass is 267 g/mol. The van der Waals surface area contributed by atoms with Gasteiger partial charge in [-0.1, -0.05) is 31.9 Å². The molecule has 0 amide bonds. The van der Waals surface area contributed by atoms with Crippen LogP contribution in [-0.4, -0.2) is 20.7 Å². The summed E-state index contributed by atoms with van der Waals surface area (Å²) in [5.41, 5.74) is 0.493. The maximum Gasteiger partial charge on any atom is 0.335 e. The van der Waals surface area contributed by atoms with Crippen LogP contribution in [0.1, 0.15) is 26.7 Å². The van der Waals surface area contributed by atoms with Crippen LogP contribution in [0.15, 0.2) is 18.6 Å². The molecule has 1 atom stereocenters. The second-order valence-electron chi connectivity index (χ2n) is 4.14. The maximum absolute atomic E-state index is 11.8. The van der Waals surface area contributed by atoms with Crippen LogP contribution in [0.4, 0.5) is 0 Å². The van der Waals surface area contributed by atoms with Gasteiger partial charge in [-0.25, -0.2) is 14.8 Å². The third kappa shape index (κ3) is 2.46. The molecule has 1 unspecified atom stereocenters. The Hall–Kier alpha value is -1.62. The Bertz CT molecular complexity index is 567. The first-order chi connectivity index (χ1) is 8.63. The second-order valence-corrected chi connectivity index (χ2v) is 4.50. The molecule has 0 aromatic carbocycles. The first-order valence-corrected chi connectivity index (χ1v) is 6.21. The average Bonchev–Trinajstić information content (AvgIpc) is 2.74. The summed E-state index contributed by atoms with van der Waals surface area (Å²) >= 11 is 5.91. The fourth-order valence-electron chi connectivity index (χ4n) is 1.71. The van der Waals surface area contributed by atoms with Crippen LogP contribution in [-0.2, 0) is 4.79 Å². The van der Waals surface area contributed by atoms with Crippen molar-refractivity contribution in [2.24, 2.45) is 5.92 Å². The molecule has 0 saturated carbocycles. The smallest absolute Gasteiger partial charge is 0.335 e. The highest BCUT2D eigenvalue weighted by Gasteiger charge is 2.16. The summed E-state index contributed by atoms with van der Waals surface area (Å²) in [4.78, 5) is 25.0. The lowest BCUT2D eigenvalue weighted by molar-refractivity contribution is -0.148. The van der Waals surface area contributed by atoms with E-state index in [0.29, 0.717) is 16.2 Å². The Kier molecular flexibility index (Phi) is 3.81. The van der Waals surface area contributed by atoms with Crippen molar-refractivity contribution in [2.45, 2.75) is 26.7 Å². The van der Waals surface area contributed by atoms with Gasteiger partial charge in [0.05, 0.1) is 11.3 Å². The van der Waals surface area contributed by atoms with E-state index in [2.05, 4.69) is 9.97 Å². The molecule has 0 spiro atoms. The van der Waals surface area contributed by atoms with Crippen molar-refractivity contribution in [1.29, 1.82) is 0 Å². The molecule has 2 aromatic heterocycles. The molecule has 0 bridgehead atoms. The van der Waals surface area contributed by atoms with Gasteiger partial charge in [0, 0.05) is 6.20 Å². The van der Waals surface area contributed by atoms with E-state index in [4.69, 9.17) is 16.4 Å². The van der Waals surface area contributed by atoms with Gasteiger partial charge in [-0.05, 0) is 12.5 Å². The molecule has 5 nitrogen and oxygen atoms in total. The fraction of sp³-hybridized carbons (Fsp3) is 0.417. The molecule has 0 radical (unpaired) electrons. The largest absolute Gasteiger partial charge is 0.335 e. The Morgan fingerprint density at radius 2 is 2.33 bits per heavy atom. The van der Waals surface area contributed by atoms with Gasteiger partial charge in [-0.2, -0.15) is 4.73 Å². The lowest BCUT2D eigenvalue weighted by Crippen LogP contribution is -2.25. The van der Waals surface area contributed by atoms with Crippen molar-refractivity contribution in [2.75, 3.05) is 0 Å². The standard InChI is InChI=1S/C12H14ClN3O2/c1-3-4-8(2)12(17)18-16-6-5-9-10(13)14-7-15-11(9)16/h5-8H,3-4H2,1-2H3. The summed E-state index contributed by atoms with van der Waals surface area (Å²) < 4.78 is 1.33. The third-order valence-electron chi connectivity index (χ3n) is 2.71. The first kappa shape index (κ1) is 12.8. The summed E-state index contributed by atoms with van der Waals surface area (Å²) in [5.74, 6) is -0.408. The maximum atomic E-state index is 11.8. The zero-order chi connectivity index (χ0) is 13.1. The number of carbonyl (C=O) groups excluding carboxylic acids is 1. The van der Waals surface area contributed by atoms with E-state index in [1.54, 1.807) is 12.3 Å². The minimum atomic E-state index is -0.274. The van der Waals surface area contributed by atoms with E-state index in [1.807, 2.05) is 13.8 Å². The molecule has 0 aliphatic rings. The summed E-state index contributed by atoms with van der Waals surface area (Å²) in [7, 11) is 0. The molecule has 0 fully saturated rings. The van der Waals surface area contributed by atoms with Crippen molar-refractivity contribution >= 4 is 28.6 Å². The molecule has 2 aromatic rings. The minimum absolute atomic E-state index is 0.134. The van der Waals surface area contributed by atoms with E-state index in [0.717, 1.165) is 12.8 Å². The van der Waals surface area contributed by atoms with Gasteiger partial charge in [-0.3, -0.25) is 0 Å². The molecule has 96 valence electrons. The lowest BCUT2D eigenvalue weighted by atomic mass is 10.1. The highest BCUT2D eigenvalue weighted by Crippen LogP contribution is 2.19. The normalized spacial score (nSPS) is 12.6. The van der Waals surface area contributed by atoms with Crippen LogP contribution in [0.2, 0.25) is 5.15 Å². The van der Waals surface area contributed by atoms with Crippen LogP contribution in [0.25, 0.3) is 11.0 Å². The van der Waals surface area contributed by atoms with Gasteiger partial charge in [0.2, 0.25) is 0 Å². The molecule has 0 aliphatic heterocycles. The Labute approximate surface area is 110 Å². The molecule has 18 heavy (non-hydrogen) atoms. The van der Waals surface area contributed by atoms with Crippen molar-refractivity contribution in [1.82, 2.24) is 14.7 Å². The second kappa shape index (κ2) is 5.35. The number of hydrogen-bond acceptors (Lipinski definition) is 4. The molecule has 2 heterocycles. The minimum Gasteiger partial charge on any atom is -0.335 e.